The first-order valence-electron chi connectivity index (χ1n) is 8.86. The molecule has 2 aromatic carbocycles. The number of anilines is 1. The van der Waals surface area contributed by atoms with Crippen LogP contribution in [0, 0.1) is 6.92 Å². The first kappa shape index (κ1) is 22.7. The smallest absolute Gasteiger partial charge is 0.255 e. The molecule has 2 aromatic rings. The van der Waals surface area contributed by atoms with Crippen LogP contribution in [0.15, 0.2) is 48.5 Å². The van der Waals surface area contributed by atoms with Crippen molar-refractivity contribution in [2.45, 2.75) is 45.7 Å². The van der Waals surface area contributed by atoms with Crippen molar-refractivity contribution in [1.29, 1.82) is 0 Å². The van der Waals surface area contributed by atoms with Gasteiger partial charge in [-0.2, -0.15) is 0 Å². The van der Waals surface area contributed by atoms with Gasteiger partial charge in [-0.1, -0.05) is 43.2 Å². The van der Waals surface area contributed by atoms with Gasteiger partial charge in [0, 0.05) is 17.8 Å². The van der Waals surface area contributed by atoms with Crippen LogP contribution in [0.2, 0.25) is 0 Å². The zero-order valence-electron chi connectivity index (χ0n) is 16.0. The second kappa shape index (κ2) is 10.1. The van der Waals surface area contributed by atoms with Gasteiger partial charge in [0.15, 0.2) is 0 Å². The molecule has 1 unspecified atom stereocenters. The SMILES string of the molecule is CCCC(C)(N)C(=O)NCc1cccc(NC(=O)c2ccc(C)cc2)c1.Cl. The number of carbonyl (C=O) groups is 2. The van der Waals surface area contributed by atoms with Gasteiger partial charge in [0.25, 0.3) is 5.91 Å². The fraction of sp³-hybridized carbons (Fsp3) is 0.333. The summed E-state index contributed by atoms with van der Waals surface area (Å²) in [6.07, 6.45) is 1.48. The zero-order chi connectivity index (χ0) is 19.2. The van der Waals surface area contributed by atoms with Crippen molar-refractivity contribution in [2.24, 2.45) is 5.73 Å². The van der Waals surface area contributed by atoms with Crippen LogP contribution in [0.5, 0.6) is 0 Å². The van der Waals surface area contributed by atoms with Gasteiger partial charge < -0.3 is 16.4 Å². The van der Waals surface area contributed by atoms with E-state index in [0.717, 1.165) is 17.5 Å². The molecule has 27 heavy (non-hydrogen) atoms. The molecule has 0 saturated heterocycles. The van der Waals surface area contributed by atoms with Gasteiger partial charge in [0.05, 0.1) is 5.54 Å². The summed E-state index contributed by atoms with van der Waals surface area (Å²) in [4.78, 5) is 24.5. The lowest BCUT2D eigenvalue weighted by atomic mass is 9.96. The molecule has 2 rings (SSSR count). The number of nitrogens with one attached hydrogen (secondary N) is 2. The third-order valence-corrected chi connectivity index (χ3v) is 4.24. The maximum Gasteiger partial charge on any atom is 0.255 e. The Bertz CT molecular complexity index is 773. The zero-order valence-corrected chi connectivity index (χ0v) is 16.9. The molecule has 0 aliphatic rings. The molecule has 146 valence electrons. The summed E-state index contributed by atoms with van der Waals surface area (Å²) in [5.41, 5.74) is 8.46. The highest BCUT2D eigenvalue weighted by Gasteiger charge is 2.26. The topological polar surface area (TPSA) is 84.2 Å². The van der Waals surface area contributed by atoms with Crippen molar-refractivity contribution in [3.63, 3.8) is 0 Å². The number of hydrogen-bond donors (Lipinski definition) is 3. The molecule has 0 aliphatic heterocycles. The highest BCUT2D eigenvalue weighted by molar-refractivity contribution is 6.04. The van der Waals surface area contributed by atoms with E-state index in [1.165, 1.54) is 0 Å². The van der Waals surface area contributed by atoms with Crippen molar-refractivity contribution >= 4 is 29.9 Å². The van der Waals surface area contributed by atoms with E-state index in [-0.39, 0.29) is 24.2 Å². The summed E-state index contributed by atoms with van der Waals surface area (Å²) in [5, 5.41) is 5.75. The Balaban J connectivity index is 0.00000364. The molecular weight excluding hydrogens is 362 g/mol. The molecule has 1 atom stereocenters. The van der Waals surface area contributed by atoms with Gasteiger partial charge in [0.1, 0.15) is 0 Å². The van der Waals surface area contributed by atoms with E-state index in [1.54, 1.807) is 19.1 Å². The third kappa shape index (κ3) is 6.70. The monoisotopic (exact) mass is 389 g/mol. The number of halogens is 1. The largest absolute Gasteiger partial charge is 0.350 e. The summed E-state index contributed by atoms with van der Waals surface area (Å²) < 4.78 is 0. The summed E-state index contributed by atoms with van der Waals surface area (Å²) in [6.45, 7) is 6.08. The second-order valence-electron chi connectivity index (χ2n) is 6.87. The normalized spacial score (nSPS) is 12.4. The van der Waals surface area contributed by atoms with E-state index >= 15 is 0 Å². The van der Waals surface area contributed by atoms with E-state index in [9.17, 15) is 9.59 Å². The van der Waals surface area contributed by atoms with Crippen LogP contribution in [-0.2, 0) is 11.3 Å². The van der Waals surface area contributed by atoms with E-state index in [0.29, 0.717) is 24.2 Å². The first-order chi connectivity index (χ1) is 12.3. The highest BCUT2D eigenvalue weighted by Crippen LogP contribution is 2.14. The van der Waals surface area contributed by atoms with Crippen molar-refractivity contribution in [3.05, 3.63) is 65.2 Å². The van der Waals surface area contributed by atoms with Crippen molar-refractivity contribution < 1.29 is 9.59 Å². The third-order valence-electron chi connectivity index (χ3n) is 4.24. The minimum absolute atomic E-state index is 0. The summed E-state index contributed by atoms with van der Waals surface area (Å²) >= 11 is 0. The lowest BCUT2D eigenvalue weighted by Crippen LogP contribution is -2.51. The highest BCUT2D eigenvalue weighted by atomic mass is 35.5. The average Bonchev–Trinajstić information content (AvgIpc) is 2.60. The molecule has 0 heterocycles. The van der Waals surface area contributed by atoms with Gasteiger partial charge in [-0.05, 0) is 50.1 Å². The second-order valence-corrected chi connectivity index (χ2v) is 6.87. The Morgan fingerprint density at radius 3 is 2.41 bits per heavy atom. The van der Waals surface area contributed by atoms with Crippen LogP contribution >= 0.6 is 12.4 Å². The van der Waals surface area contributed by atoms with Crippen molar-refractivity contribution in [2.75, 3.05) is 5.32 Å². The molecule has 0 fully saturated rings. The molecule has 2 amide bonds. The number of nitrogens with two attached hydrogens (primary N) is 1. The van der Waals surface area contributed by atoms with E-state index in [1.807, 2.05) is 50.2 Å². The van der Waals surface area contributed by atoms with Gasteiger partial charge in [0.2, 0.25) is 5.91 Å². The first-order valence-corrected chi connectivity index (χ1v) is 8.86. The van der Waals surface area contributed by atoms with Crippen LogP contribution in [0.3, 0.4) is 0 Å². The molecule has 5 nitrogen and oxygen atoms in total. The summed E-state index contributed by atoms with van der Waals surface area (Å²) in [6, 6.07) is 14.8. The molecule has 0 aliphatic carbocycles. The standard InChI is InChI=1S/C21H27N3O2.ClH/c1-4-12-21(3,22)20(26)23-14-16-6-5-7-18(13-16)24-19(25)17-10-8-15(2)9-11-17;/h5-11,13H,4,12,14,22H2,1-3H3,(H,23,26)(H,24,25);1H. The quantitative estimate of drug-likeness (QED) is 0.673. The van der Waals surface area contributed by atoms with E-state index in [2.05, 4.69) is 10.6 Å². The van der Waals surface area contributed by atoms with E-state index in [4.69, 9.17) is 5.73 Å². The van der Waals surface area contributed by atoms with Crippen LogP contribution in [0.1, 0.15) is 48.2 Å². The summed E-state index contributed by atoms with van der Waals surface area (Å²) in [5.74, 6) is -0.336. The number of amides is 2. The van der Waals surface area contributed by atoms with Crippen molar-refractivity contribution in [3.8, 4) is 0 Å². The van der Waals surface area contributed by atoms with Crippen molar-refractivity contribution in [1.82, 2.24) is 5.32 Å². The number of benzene rings is 2. The Hall–Kier alpha value is -2.37. The fourth-order valence-corrected chi connectivity index (χ4v) is 2.68. The molecule has 0 radical (unpaired) electrons. The number of hydrogen-bond acceptors (Lipinski definition) is 3. The maximum atomic E-state index is 12.3. The Morgan fingerprint density at radius 1 is 1.11 bits per heavy atom. The predicted molar refractivity (Wildman–Crippen MR) is 112 cm³/mol. The molecule has 0 bridgehead atoms. The average molecular weight is 390 g/mol. The van der Waals surface area contributed by atoms with Gasteiger partial charge in [-0.15, -0.1) is 12.4 Å². The van der Waals surface area contributed by atoms with Crippen LogP contribution in [0.4, 0.5) is 5.69 Å². The summed E-state index contributed by atoms with van der Waals surface area (Å²) in [7, 11) is 0. The van der Waals surface area contributed by atoms with E-state index < -0.39 is 5.54 Å². The lowest BCUT2D eigenvalue weighted by Gasteiger charge is -2.22. The Kier molecular flexibility index (Phi) is 8.47. The molecule has 4 N–H and O–H groups in total. The Labute approximate surface area is 167 Å². The minimum atomic E-state index is -0.869. The van der Waals surface area contributed by atoms with Gasteiger partial charge in [-0.3, -0.25) is 9.59 Å². The molecule has 0 aromatic heterocycles. The minimum Gasteiger partial charge on any atom is -0.350 e. The molecule has 0 saturated carbocycles. The molecule has 6 heteroatoms. The lowest BCUT2D eigenvalue weighted by molar-refractivity contribution is -0.126. The number of rotatable bonds is 7. The van der Waals surface area contributed by atoms with Crippen LogP contribution in [-0.4, -0.2) is 17.4 Å². The predicted octanol–water partition coefficient (Wildman–Crippen LogP) is 3.80. The van der Waals surface area contributed by atoms with Crippen LogP contribution in [0.25, 0.3) is 0 Å². The Morgan fingerprint density at radius 2 is 1.78 bits per heavy atom. The maximum absolute atomic E-state index is 12.3. The van der Waals surface area contributed by atoms with Gasteiger partial charge in [-0.25, -0.2) is 0 Å². The van der Waals surface area contributed by atoms with Crippen LogP contribution < -0.4 is 16.4 Å². The molecule has 0 spiro atoms. The molecular formula is C21H28ClN3O2. The number of aryl methyl sites for hydroxylation is 1. The fourth-order valence-electron chi connectivity index (χ4n) is 2.68. The number of carbonyl (C=O) groups excluding carboxylic acids is 2. The van der Waals surface area contributed by atoms with Gasteiger partial charge >= 0.3 is 0 Å².